The lowest BCUT2D eigenvalue weighted by Gasteiger charge is -2.08. The lowest BCUT2D eigenvalue weighted by Crippen LogP contribution is -2.29. The van der Waals surface area contributed by atoms with Crippen LogP contribution in [0.3, 0.4) is 0 Å². The first-order valence-electron chi connectivity index (χ1n) is 4.18. The van der Waals surface area contributed by atoms with Gasteiger partial charge in [0.05, 0.1) is 13.9 Å². The zero-order valence-electron chi connectivity index (χ0n) is 8.59. The maximum Gasteiger partial charge on any atom is 0.427 e. The highest BCUT2D eigenvalue weighted by molar-refractivity contribution is 9.11. The van der Waals surface area contributed by atoms with Gasteiger partial charge >= 0.3 is 15.3 Å². The Morgan fingerprint density at radius 1 is 1.37 bits per heavy atom. The maximum absolute atomic E-state index is 11.2. The second-order valence-corrected chi connectivity index (χ2v) is 6.93. The molecule has 0 fully saturated rings. The van der Waals surface area contributed by atoms with E-state index in [0.29, 0.717) is 0 Å². The quantitative estimate of drug-likeness (QED) is 0.441. The summed E-state index contributed by atoms with van der Waals surface area (Å²) < 4.78 is 27.3. The van der Waals surface area contributed by atoms with Crippen molar-refractivity contribution >= 4 is 63.6 Å². The number of nitrogens with zero attached hydrogens (tertiary/aromatic N) is 1. The normalized spacial score (nSPS) is 10.9. The first-order valence-corrected chi connectivity index (χ1v) is 8.07. The number of carbonyl (C=O) groups is 1. The molecule has 0 saturated carbocycles. The molecule has 0 atom stereocenters. The van der Waals surface area contributed by atoms with Crippen molar-refractivity contribution in [3.8, 4) is 5.75 Å². The minimum Gasteiger partial charge on any atom is -0.407 e. The SMILES string of the molecule is O=C(NS(=O)(=O)Cl)Oc1c(Br)cc([N+](=O)[O-])cc1Br. The van der Waals surface area contributed by atoms with Crippen LogP contribution in [0.1, 0.15) is 0 Å². The average Bonchev–Trinajstić information content (AvgIpc) is 2.20. The van der Waals surface area contributed by atoms with E-state index in [0.717, 1.165) is 12.1 Å². The van der Waals surface area contributed by atoms with Gasteiger partial charge in [-0.2, -0.15) is 8.42 Å². The molecule has 0 aromatic heterocycles. The Balaban J connectivity index is 3.03. The summed E-state index contributed by atoms with van der Waals surface area (Å²) in [5.74, 6) is -0.136. The number of amides is 1. The molecule has 0 unspecified atom stereocenters. The minimum atomic E-state index is -4.28. The first kappa shape index (κ1) is 16.1. The Morgan fingerprint density at radius 2 is 1.84 bits per heavy atom. The zero-order valence-corrected chi connectivity index (χ0v) is 13.3. The maximum atomic E-state index is 11.2. The molecule has 0 aliphatic rings. The van der Waals surface area contributed by atoms with Crippen molar-refractivity contribution in [1.29, 1.82) is 0 Å². The van der Waals surface area contributed by atoms with E-state index in [1.807, 2.05) is 0 Å². The summed E-state index contributed by atoms with van der Waals surface area (Å²) in [6.07, 6.45) is -1.36. The second-order valence-electron chi connectivity index (χ2n) is 2.93. The predicted octanol–water partition coefficient (Wildman–Crippen LogP) is 2.69. The molecule has 1 aromatic rings. The molecule has 1 N–H and O–H groups in total. The standard InChI is InChI=1S/C7H3Br2ClN2O6S/c8-4-1-3(12(14)15)2-5(9)6(4)18-7(13)11-19(10,16)17/h1-2H,(H,11,13). The van der Waals surface area contributed by atoms with Gasteiger partial charge < -0.3 is 4.74 Å². The van der Waals surface area contributed by atoms with Gasteiger partial charge in [-0.05, 0) is 31.9 Å². The van der Waals surface area contributed by atoms with Crippen LogP contribution in [0.15, 0.2) is 21.1 Å². The number of carbonyl (C=O) groups excluding carboxylic acids is 1. The van der Waals surface area contributed by atoms with Crippen LogP contribution in [-0.2, 0) is 9.24 Å². The third kappa shape index (κ3) is 4.93. The van der Waals surface area contributed by atoms with E-state index in [-0.39, 0.29) is 20.4 Å². The molecule has 104 valence electrons. The number of halogens is 3. The summed E-state index contributed by atoms with van der Waals surface area (Å²) >= 11 is 5.91. The van der Waals surface area contributed by atoms with E-state index in [9.17, 15) is 23.3 Å². The number of non-ortho nitro benzene ring substituents is 1. The van der Waals surface area contributed by atoms with E-state index >= 15 is 0 Å². The van der Waals surface area contributed by atoms with Gasteiger partial charge in [-0.3, -0.25) is 10.1 Å². The highest BCUT2D eigenvalue weighted by Crippen LogP contribution is 2.37. The second kappa shape index (κ2) is 6.03. The highest BCUT2D eigenvalue weighted by atomic mass is 79.9. The average molecular weight is 438 g/mol. The minimum absolute atomic E-state index is 0.0793. The third-order valence-corrected chi connectivity index (χ3v) is 3.41. The van der Waals surface area contributed by atoms with Crippen LogP contribution in [0.25, 0.3) is 0 Å². The van der Waals surface area contributed by atoms with E-state index in [1.165, 1.54) is 4.72 Å². The number of hydrogen-bond donors (Lipinski definition) is 1. The fraction of sp³-hybridized carbons (Fsp3) is 0. The summed E-state index contributed by atoms with van der Waals surface area (Å²) in [5.41, 5.74) is -0.253. The van der Waals surface area contributed by atoms with Gasteiger partial charge in [0.2, 0.25) is 0 Å². The first-order chi connectivity index (χ1) is 8.60. The van der Waals surface area contributed by atoms with Gasteiger partial charge in [0.1, 0.15) is 0 Å². The Kier molecular flexibility index (Phi) is 5.12. The van der Waals surface area contributed by atoms with Crippen LogP contribution in [0.2, 0.25) is 0 Å². The smallest absolute Gasteiger partial charge is 0.407 e. The molecule has 1 rings (SSSR count). The highest BCUT2D eigenvalue weighted by Gasteiger charge is 2.19. The van der Waals surface area contributed by atoms with E-state index in [2.05, 4.69) is 36.6 Å². The number of hydrogen-bond acceptors (Lipinski definition) is 6. The lowest BCUT2D eigenvalue weighted by molar-refractivity contribution is -0.385. The van der Waals surface area contributed by atoms with Gasteiger partial charge in [0, 0.05) is 22.8 Å². The molecule has 0 saturated heterocycles. The molecule has 8 nitrogen and oxygen atoms in total. The summed E-state index contributed by atoms with van der Waals surface area (Å²) in [4.78, 5) is 21.1. The molecular weight excluding hydrogens is 435 g/mol. The number of benzene rings is 1. The van der Waals surface area contributed by atoms with Gasteiger partial charge in [0.15, 0.2) is 5.75 Å². The summed E-state index contributed by atoms with van der Waals surface area (Å²) in [6, 6.07) is 2.17. The van der Waals surface area contributed by atoms with Crippen molar-refractivity contribution in [2.45, 2.75) is 0 Å². The number of nitro groups is 1. The molecule has 0 aliphatic heterocycles. The lowest BCUT2D eigenvalue weighted by atomic mass is 10.3. The predicted molar refractivity (Wildman–Crippen MR) is 72.4 cm³/mol. The molecule has 1 amide bonds. The fourth-order valence-electron chi connectivity index (χ4n) is 0.962. The Morgan fingerprint density at radius 3 is 2.21 bits per heavy atom. The van der Waals surface area contributed by atoms with Crippen LogP contribution in [0, 0.1) is 10.1 Å². The number of rotatable bonds is 3. The topological polar surface area (TPSA) is 116 Å². The Labute approximate surface area is 128 Å². The van der Waals surface area contributed by atoms with Crippen LogP contribution in [0.4, 0.5) is 10.5 Å². The van der Waals surface area contributed by atoms with Crippen LogP contribution < -0.4 is 9.46 Å². The van der Waals surface area contributed by atoms with Crippen molar-refractivity contribution in [3.63, 3.8) is 0 Å². The molecule has 0 spiro atoms. The molecule has 12 heteroatoms. The zero-order chi connectivity index (χ0) is 14.8. The summed E-state index contributed by atoms with van der Waals surface area (Å²) in [7, 11) is 0.506. The van der Waals surface area contributed by atoms with Crippen molar-refractivity contribution < 1.29 is 22.9 Å². The van der Waals surface area contributed by atoms with Gasteiger partial charge in [-0.25, -0.2) is 9.52 Å². The van der Waals surface area contributed by atoms with E-state index in [1.54, 1.807) is 0 Å². The van der Waals surface area contributed by atoms with Gasteiger partial charge in [0.25, 0.3) is 5.69 Å². The number of nitro benzene ring substituents is 1. The molecule has 0 aliphatic carbocycles. The molecule has 0 bridgehead atoms. The molecule has 1 aromatic carbocycles. The van der Waals surface area contributed by atoms with Crippen LogP contribution >= 0.6 is 42.5 Å². The van der Waals surface area contributed by atoms with Crippen LogP contribution in [-0.4, -0.2) is 19.4 Å². The van der Waals surface area contributed by atoms with E-state index in [4.69, 9.17) is 10.7 Å². The molecule has 0 radical (unpaired) electrons. The van der Waals surface area contributed by atoms with Gasteiger partial charge in [-0.15, -0.1) is 0 Å². The molecule has 19 heavy (non-hydrogen) atoms. The van der Waals surface area contributed by atoms with Crippen molar-refractivity contribution in [2.75, 3.05) is 0 Å². The largest absolute Gasteiger partial charge is 0.427 e. The third-order valence-electron chi connectivity index (χ3n) is 1.59. The fourth-order valence-corrected chi connectivity index (χ4v) is 2.72. The number of nitrogens with one attached hydrogen (secondary N) is 1. The van der Waals surface area contributed by atoms with Crippen molar-refractivity contribution in [3.05, 3.63) is 31.2 Å². The monoisotopic (exact) mass is 436 g/mol. The number of ether oxygens (including phenoxy) is 1. The van der Waals surface area contributed by atoms with E-state index < -0.39 is 20.3 Å². The molecular formula is C7H3Br2ClN2O6S. The Bertz CT molecular complexity index is 626. The van der Waals surface area contributed by atoms with Crippen molar-refractivity contribution in [2.24, 2.45) is 0 Å². The Hall–Kier alpha value is -0.910. The van der Waals surface area contributed by atoms with Gasteiger partial charge in [-0.1, -0.05) is 0 Å². The summed E-state index contributed by atoms with van der Waals surface area (Å²) in [6.45, 7) is 0. The van der Waals surface area contributed by atoms with Crippen molar-refractivity contribution in [1.82, 2.24) is 4.72 Å². The summed E-state index contributed by atoms with van der Waals surface area (Å²) in [5, 5.41) is 10.6. The van der Waals surface area contributed by atoms with Crippen LogP contribution in [0.5, 0.6) is 5.75 Å². The molecule has 0 heterocycles.